The molecule has 3 nitrogen and oxygen atoms in total. The Kier molecular flexibility index (Phi) is 5.87. The molecule has 1 unspecified atom stereocenters. The van der Waals surface area contributed by atoms with Crippen molar-refractivity contribution in [2.45, 2.75) is 58.1 Å². The van der Waals surface area contributed by atoms with E-state index in [0.717, 1.165) is 19.4 Å². The zero-order valence-electron chi connectivity index (χ0n) is 16.6. The van der Waals surface area contributed by atoms with Crippen LogP contribution >= 0.6 is 0 Å². The molecule has 2 saturated heterocycles. The maximum atomic E-state index is 6.03. The second-order valence-corrected chi connectivity index (χ2v) is 8.86. The van der Waals surface area contributed by atoms with Crippen molar-refractivity contribution in [1.82, 2.24) is 9.80 Å². The van der Waals surface area contributed by atoms with E-state index in [9.17, 15) is 0 Å². The Hall–Kier alpha value is -0.900. The first kappa shape index (κ1) is 18.9. The number of piperazine rings is 1. The summed E-state index contributed by atoms with van der Waals surface area (Å²) in [6.07, 6.45) is 3.50. The highest BCUT2D eigenvalue weighted by Crippen LogP contribution is 2.41. The smallest absolute Gasteiger partial charge is 0.0644 e. The fraction of sp³-hybridized carbons (Fsp3) is 0.727. The maximum Gasteiger partial charge on any atom is 0.0644 e. The van der Waals surface area contributed by atoms with Crippen molar-refractivity contribution in [3.05, 3.63) is 35.9 Å². The van der Waals surface area contributed by atoms with Crippen molar-refractivity contribution in [2.75, 3.05) is 39.3 Å². The van der Waals surface area contributed by atoms with E-state index in [-0.39, 0.29) is 5.60 Å². The number of rotatable bonds is 5. The summed E-state index contributed by atoms with van der Waals surface area (Å²) < 4.78 is 6.03. The van der Waals surface area contributed by atoms with E-state index in [1.54, 1.807) is 0 Å². The van der Waals surface area contributed by atoms with E-state index in [2.05, 4.69) is 67.8 Å². The number of ether oxygens (including phenoxy) is 1. The summed E-state index contributed by atoms with van der Waals surface area (Å²) in [5, 5.41) is 0. The monoisotopic (exact) mass is 344 g/mol. The van der Waals surface area contributed by atoms with Crippen LogP contribution in [0.25, 0.3) is 0 Å². The highest BCUT2D eigenvalue weighted by atomic mass is 16.5. The molecular formula is C22H36N2O. The lowest BCUT2D eigenvalue weighted by Crippen LogP contribution is -2.63. The summed E-state index contributed by atoms with van der Waals surface area (Å²) in [6.45, 7) is 16.2. The van der Waals surface area contributed by atoms with E-state index < -0.39 is 0 Å². The van der Waals surface area contributed by atoms with E-state index in [0.29, 0.717) is 11.5 Å². The largest absolute Gasteiger partial charge is 0.375 e. The van der Waals surface area contributed by atoms with Gasteiger partial charge >= 0.3 is 0 Å². The first-order valence-electron chi connectivity index (χ1n) is 10.1. The average Bonchev–Trinajstić information content (AvgIpc) is 2.60. The highest BCUT2D eigenvalue weighted by Gasteiger charge is 2.47. The zero-order chi connectivity index (χ0) is 17.9. The second-order valence-electron chi connectivity index (χ2n) is 8.86. The molecule has 3 rings (SSSR count). The molecule has 0 saturated carbocycles. The third-order valence-corrected chi connectivity index (χ3v) is 6.40. The van der Waals surface area contributed by atoms with Gasteiger partial charge < -0.3 is 9.64 Å². The SMILES string of the molecule is CC(C)C1(N2CCN(CCc3ccccc3)CC2)CCOC(C)(C)C1. The van der Waals surface area contributed by atoms with Crippen LogP contribution < -0.4 is 0 Å². The minimum Gasteiger partial charge on any atom is -0.375 e. The minimum absolute atomic E-state index is 0.00691. The summed E-state index contributed by atoms with van der Waals surface area (Å²) >= 11 is 0. The van der Waals surface area contributed by atoms with Crippen molar-refractivity contribution in [2.24, 2.45) is 5.92 Å². The minimum atomic E-state index is 0.00691. The topological polar surface area (TPSA) is 15.7 Å². The molecule has 2 aliphatic heterocycles. The molecule has 0 aromatic heterocycles. The number of benzene rings is 1. The Labute approximate surface area is 154 Å². The molecule has 25 heavy (non-hydrogen) atoms. The number of hydrogen-bond donors (Lipinski definition) is 0. The Balaban J connectivity index is 1.56. The predicted octanol–water partition coefficient (Wildman–Crippen LogP) is 3.83. The third kappa shape index (κ3) is 4.45. The molecule has 1 aromatic carbocycles. The average molecular weight is 345 g/mol. The van der Waals surface area contributed by atoms with Crippen molar-refractivity contribution < 1.29 is 4.74 Å². The van der Waals surface area contributed by atoms with Crippen LogP contribution in [-0.2, 0) is 11.2 Å². The lowest BCUT2D eigenvalue weighted by atomic mass is 9.72. The number of hydrogen-bond acceptors (Lipinski definition) is 3. The van der Waals surface area contributed by atoms with Gasteiger partial charge in [-0.15, -0.1) is 0 Å². The molecule has 2 aliphatic rings. The van der Waals surface area contributed by atoms with Gasteiger partial charge in [-0.05, 0) is 44.6 Å². The van der Waals surface area contributed by atoms with Crippen molar-refractivity contribution >= 4 is 0 Å². The Bertz CT molecular complexity index is 534. The fourth-order valence-electron chi connectivity index (χ4n) is 4.86. The molecule has 0 bridgehead atoms. The Morgan fingerprint density at radius 1 is 1.04 bits per heavy atom. The second kappa shape index (κ2) is 7.77. The molecule has 2 heterocycles. The Morgan fingerprint density at radius 2 is 1.72 bits per heavy atom. The normalized spacial score (nSPS) is 28.4. The van der Waals surface area contributed by atoms with Crippen LogP contribution in [-0.4, -0.2) is 60.3 Å². The molecule has 0 spiro atoms. The standard InChI is InChI=1S/C22H36N2O/c1-19(2)22(11-17-25-21(3,4)18-22)24-15-13-23(14-16-24)12-10-20-8-6-5-7-9-20/h5-9,19H,10-18H2,1-4H3. The van der Waals surface area contributed by atoms with E-state index in [1.165, 1.54) is 44.7 Å². The van der Waals surface area contributed by atoms with Gasteiger partial charge in [0.05, 0.1) is 5.60 Å². The van der Waals surface area contributed by atoms with Gasteiger partial charge in [-0.3, -0.25) is 4.90 Å². The first-order chi connectivity index (χ1) is 11.9. The van der Waals surface area contributed by atoms with Gasteiger partial charge in [-0.25, -0.2) is 0 Å². The van der Waals surface area contributed by atoms with Crippen LogP contribution in [0.4, 0.5) is 0 Å². The summed E-state index contributed by atoms with van der Waals surface area (Å²) in [6, 6.07) is 10.9. The van der Waals surface area contributed by atoms with E-state index in [1.807, 2.05) is 0 Å². The van der Waals surface area contributed by atoms with Crippen LogP contribution in [0.1, 0.15) is 46.1 Å². The van der Waals surface area contributed by atoms with Gasteiger partial charge in [0.25, 0.3) is 0 Å². The van der Waals surface area contributed by atoms with Gasteiger partial charge in [-0.1, -0.05) is 44.2 Å². The van der Waals surface area contributed by atoms with Crippen molar-refractivity contribution in [3.63, 3.8) is 0 Å². The van der Waals surface area contributed by atoms with Crippen molar-refractivity contribution in [1.29, 1.82) is 0 Å². The first-order valence-corrected chi connectivity index (χ1v) is 10.1. The van der Waals surface area contributed by atoms with Gasteiger partial charge in [0.15, 0.2) is 0 Å². The molecule has 0 amide bonds. The van der Waals surface area contributed by atoms with Gasteiger partial charge in [0, 0.05) is 44.9 Å². The number of nitrogens with zero attached hydrogens (tertiary/aromatic N) is 2. The zero-order valence-corrected chi connectivity index (χ0v) is 16.6. The summed E-state index contributed by atoms with van der Waals surface area (Å²) in [5.41, 5.74) is 1.77. The summed E-state index contributed by atoms with van der Waals surface area (Å²) in [5.74, 6) is 0.673. The molecule has 2 fully saturated rings. The van der Waals surface area contributed by atoms with Crippen LogP contribution in [0, 0.1) is 5.92 Å². The van der Waals surface area contributed by atoms with Crippen LogP contribution in [0.15, 0.2) is 30.3 Å². The molecule has 0 radical (unpaired) electrons. The van der Waals surface area contributed by atoms with Gasteiger partial charge in [0.1, 0.15) is 0 Å². The lowest BCUT2D eigenvalue weighted by molar-refractivity contribution is -0.142. The molecule has 0 N–H and O–H groups in total. The molecule has 1 aromatic rings. The molecule has 140 valence electrons. The van der Waals surface area contributed by atoms with E-state index in [4.69, 9.17) is 4.74 Å². The predicted molar refractivity (Wildman–Crippen MR) is 105 cm³/mol. The third-order valence-electron chi connectivity index (χ3n) is 6.40. The molecule has 3 heteroatoms. The van der Waals surface area contributed by atoms with Crippen LogP contribution in [0.3, 0.4) is 0 Å². The van der Waals surface area contributed by atoms with Crippen LogP contribution in [0.2, 0.25) is 0 Å². The van der Waals surface area contributed by atoms with Crippen molar-refractivity contribution in [3.8, 4) is 0 Å². The van der Waals surface area contributed by atoms with E-state index >= 15 is 0 Å². The lowest BCUT2D eigenvalue weighted by Gasteiger charge is -2.55. The van der Waals surface area contributed by atoms with Crippen LogP contribution in [0.5, 0.6) is 0 Å². The van der Waals surface area contributed by atoms with Gasteiger partial charge in [0.2, 0.25) is 0 Å². The molecular weight excluding hydrogens is 308 g/mol. The quantitative estimate of drug-likeness (QED) is 0.807. The Morgan fingerprint density at radius 3 is 2.32 bits per heavy atom. The molecule has 1 atom stereocenters. The highest BCUT2D eigenvalue weighted by molar-refractivity contribution is 5.15. The summed E-state index contributed by atoms with van der Waals surface area (Å²) in [7, 11) is 0. The fourth-order valence-corrected chi connectivity index (χ4v) is 4.86. The maximum absolute atomic E-state index is 6.03. The molecule has 0 aliphatic carbocycles. The summed E-state index contributed by atoms with van der Waals surface area (Å²) in [4.78, 5) is 5.43. The van der Waals surface area contributed by atoms with Gasteiger partial charge in [-0.2, -0.15) is 0 Å².